The predicted octanol–water partition coefficient (Wildman–Crippen LogP) is 0.0443. The van der Waals surface area contributed by atoms with Crippen LogP contribution in [-0.2, 0) is 24.2 Å². The van der Waals surface area contributed by atoms with E-state index in [1.165, 1.54) is 0 Å². The number of ether oxygens (including phenoxy) is 1. The number of sulfone groups is 1. The van der Waals surface area contributed by atoms with E-state index in [4.69, 9.17) is 9.84 Å². The van der Waals surface area contributed by atoms with Gasteiger partial charge in [0.05, 0.1) is 11.5 Å². The fraction of sp³-hybridized carbons (Fsp3) is 0.846. The van der Waals surface area contributed by atoms with E-state index >= 15 is 0 Å². The minimum absolute atomic E-state index is 0.00613. The third kappa shape index (κ3) is 3.74. The third-order valence-corrected chi connectivity index (χ3v) is 5.72. The summed E-state index contributed by atoms with van der Waals surface area (Å²) in [6, 6.07) is -0.310. The number of carbonyl (C=O) groups is 2. The average Bonchev–Trinajstić information content (AvgIpc) is 3.01. The Balaban J connectivity index is 2.05. The molecule has 120 valence electrons. The van der Waals surface area contributed by atoms with Crippen molar-refractivity contribution in [3.8, 4) is 0 Å². The Morgan fingerprint density at radius 3 is 2.38 bits per heavy atom. The monoisotopic (exact) mass is 319 g/mol. The van der Waals surface area contributed by atoms with Crippen LogP contribution < -0.4 is 0 Å². The molecule has 8 heteroatoms. The van der Waals surface area contributed by atoms with Gasteiger partial charge < -0.3 is 14.7 Å². The van der Waals surface area contributed by atoms with Crippen LogP contribution in [0.1, 0.15) is 32.6 Å². The summed E-state index contributed by atoms with van der Waals surface area (Å²) in [4.78, 5) is 25.0. The summed E-state index contributed by atoms with van der Waals surface area (Å²) in [7, 11) is -3.07. The van der Waals surface area contributed by atoms with Crippen molar-refractivity contribution in [2.24, 2.45) is 0 Å². The maximum absolute atomic E-state index is 12.5. The van der Waals surface area contributed by atoms with E-state index in [0.29, 0.717) is 25.8 Å². The standard InChI is InChI=1S/C13H21NO6S/c1-2-6-14(9-5-7-21(18,19)8-9)12(15)10-3-4-11(20-10)13(16)17/h9-11H,2-8H2,1H3,(H,16,17)/t9?,10-,11+/m0/s1. The molecule has 0 spiro atoms. The van der Waals surface area contributed by atoms with Gasteiger partial charge in [0.1, 0.15) is 6.10 Å². The number of aliphatic carboxylic acids is 1. The van der Waals surface area contributed by atoms with E-state index < -0.39 is 28.0 Å². The summed E-state index contributed by atoms with van der Waals surface area (Å²) >= 11 is 0. The SMILES string of the molecule is CCCN(C(=O)[C@@H]1CC[C@H](C(=O)O)O1)C1CCS(=O)(=O)C1. The molecule has 7 nitrogen and oxygen atoms in total. The van der Waals surface area contributed by atoms with Crippen LogP contribution >= 0.6 is 0 Å². The summed E-state index contributed by atoms with van der Waals surface area (Å²) in [6.07, 6.45) is 0.153. The van der Waals surface area contributed by atoms with Crippen molar-refractivity contribution in [1.29, 1.82) is 0 Å². The molecule has 0 aromatic carbocycles. The smallest absolute Gasteiger partial charge is 0.332 e. The lowest BCUT2D eigenvalue weighted by molar-refractivity contribution is -0.155. The number of carboxylic acid groups (broad SMARTS) is 1. The molecule has 2 fully saturated rings. The number of carbonyl (C=O) groups excluding carboxylic acids is 1. The number of rotatable bonds is 5. The van der Waals surface area contributed by atoms with Crippen molar-refractivity contribution in [1.82, 2.24) is 4.90 Å². The topological polar surface area (TPSA) is 101 Å². The van der Waals surface area contributed by atoms with Crippen molar-refractivity contribution in [2.45, 2.75) is 50.9 Å². The van der Waals surface area contributed by atoms with Crippen molar-refractivity contribution in [3.05, 3.63) is 0 Å². The molecule has 1 unspecified atom stereocenters. The first-order chi connectivity index (χ1) is 9.84. The zero-order chi connectivity index (χ0) is 15.6. The van der Waals surface area contributed by atoms with Crippen LogP contribution in [0.5, 0.6) is 0 Å². The normalized spacial score (nSPS) is 31.2. The van der Waals surface area contributed by atoms with Gasteiger partial charge in [-0.25, -0.2) is 13.2 Å². The summed E-state index contributed by atoms with van der Waals surface area (Å²) in [5.41, 5.74) is 0. The van der Waals surface area contributed by atoms with Crippen LogP contribution in [-0.4, -0.2) is 66.6 Å². The fourth-order valence-corrected chi connectivity index (χ4v) is 4.65. The Labute approximate surface area is 124 Å². The molecule has 21 heavy (non-hydrogen) atoms. The van der Waals surface area contributed by atoms with Crippen LogP contribution in [0.15, 0.2) is 0 Å². The average molecular weight is 319 g/mol. The van der Waals surface area contributed by atoms with Crippen LogP contribution in [0.25, 0.3) is 0 Å². The van der Waals surface area contributed by atoms with E-state index in [-0.39, 0.29) is 23.5 Å². The van der Waals surface area contributed by atoms with Crippen LogP contribution in [0.2, 0.25) is 0 Å². The Kier molecular flexibility index (Phi) is 4.88. The van der Waals surface area contributed by atoms with Crippen LogP contribution in [0.4, 0.5) is 0 Å². The number of carboxylic acids is 1. The minimum Gasteiger partial charge on any atom is -0.479 e. The second-order valence-electron chi connectivity index (χ2n) is 5.62. The van der Waals surface area contributed by atoms with Gasteiger partial charge in [-0.1, -0.05) is 6.92 Å². The van der Waals surface area contributed by atoms with Crippen LogP contribution in [0, 0.1) is 0 Å². The lowest BCUT2D eigenvalue weighted by Crippen LogP contribution is -2.46. The van der Waals surface area contributed by atoms with Gasteiger partial charge in [0.25, 0.3) is 5.91 Å². The number of amides is 1. The molecule has 2 heterocycles. The molecule has 3 atom stereocenters. The zero-order valence-corrected chi connectivity index (χ0v) is 12.8. The van der Waals surface area contributed by atoms with E-state index in [2.05, 4.69) is 0 Å². The van der Waals surface area contributed by atoms with Gasteiger partial charge in [0.15, 0.2) is 15.9 Å². The summed E-state index contributed by atoms with van der Waals surface area (Å²) < 4.78 is 28.5. The van der Waals surface area contributed by atoms with Crippen molar-refractivity contribution in [2.75, 3.05) is 18.1 Å². The number of nitrogens with zero attached hydrogens (tertiary/aromatic N) is 1. The zero-order valence-electron chi connectivity index (χ0n) is 12.0. The molecule has 2 aliphatic heterocycles. The Morgan fingerprint density at radius 1 is 1.24 bits per heavy atom. The van der Waals surface area contributed by atoms with Gasteiger partial charge in [-0.2, -0.15) is 0 Å². The lowest BCUT2D eigenvalue weighted by atomic mass is 10.1. The predicted molar refractivity (Wildman–Crippen MR) is 74.6 cm³/mol. The first-order valence-electron chi connectivity index (χ1n) is 7.23. The third-order valence-electron chi connectivity index (χ3n) is 3.97. The van der Waals surface area contributed by atoms with Crippen molar-refractivity contribution in [3.63, 3.8) is 0 Å². The molecular weight excluding hydrogens is 298 g/mol. The Morgan fingerprint density at radius 2 is 1.90 bits per heavy atom. The van der Waals surface area contributed by atoms with Crippen molar-refractivity contribution < 1.29 is 27.9 Å². The highest BCUT2D eigenvalue weighted by Crippen LogP contribution is 2.25. The second kappa shape index (κ2) is 6.31. The highest BCUT2D eigenvalue weighted by molar-refractivity contribution is 7.91. The first kappa shape index (κ1) is 16.2. The van der Waals surface area contributed by atoms with E-state index in [9.17, 15) is 18.0 Å². The Hall–Kier alpha value is -1.15. The lowest BCUT2D eigenvalue weighted by Gasteiger charge is -2.30. The maximum Gasteiger partial charge on any atom is 0.332 e. The van der Waals surface area contributed by atoms with Gasteiger partial charge in [-0.15, -0.1) is 0 Å². The molecule has 0 aromatic heterocycles. The molecule has 0 saturated carbocycles. The molecule has 0 aromatic rings. The highest BCUT2D eigenvalue weighted by atomic mass is 32.2. The number of hydrogen-bond donors (Lipinski definition) is 1. The molecule has 0 aliphatic carbocycles. The highest BCUT2D eigenvalue weighted by Gasteiger charge is 2.41. The second-order valence-corrected chi connectivity index (χ2v) is 7.85. The molecule has 0 radical (unpaired) electrons. The Bertz CT molecular complexity index is 517. The minimum atomic E-state index is -3.07. The van der Waals surface area contributed by atoms with E-state index in [1.54, 1.807) is 4.90 Å². The maximum atomic E-state index is 12.5. The number of hydrogen-bond acceptors (Lipinski definition) is 5. The first-order valence-corrected chi connectivity index (χ1v) is 9.05. The summed E-state index contributed by atoms with van der Waals surface area (Å²) in [6.45, 7) is 2.38. The van der Waals surface area contributed by atoms with Gasteiger partial charge in [-0.3, -0.25) is 4.79 Å². The summed E-state index contributed by atoms with van der Waals surface area (Å²) in [5, 5.41) is 8.91. The van der Waals surface area contributed by atoms with Crippen molar-refractivity contribution >= 4 is 21.7 Å². The van der Waals surface area contributed by atoms with Gasteiger partial charge >= 0.3 is 5.97 Å². The van der Waals surface area contributed by atoms with Gasteiger partial charge in [-0.05, 0) is 25.7 Å². The van der Waals surface area contributed by atoms with Crippen LogP contribution in [0.3, 0.4) is 0 Å². The molecule has 1 N–H and O–H groups in total. The fourth-order valence-electron chi connectivity index (χ4n) is 2.92. The molecule has 0 bridgehead atoms. The summed E-state index contributed by atoms with van der Waals surface area (Å²) in [5.74, 6) is -1.24. The van der Waals surface area contributed by atoms with Gasteiger partial charge in [0, 0.05) is 12.6 Å². The quantitative estimate of drug-likeness (QED) is 0.768. The molecular formula is C13H21NO6S. The van der Waals surface area contributed by atoms with Gasteiger partial charge in [0.2, 0.25) is 0 Å². The molecule has 1 amide bonds. The van der Waals surface area contributed by atoms with E-state index in [1.807, 2.05) is 6.92 Å². The molecule has 2 saturated heterocycles. The largest absolute Gasteiger partial charge is 0.479 e. The van der Waals surface area contributed by atoms with E-state index in [0.717, 1.165) is 6.42 Å². The molecule has 2 rings (SSSR count). The molecule has 2 aliphatic rings.